The molecule has 0 spiro atoms. The van der Waals surface area contributed by atoms with Gasteiger partial charge in [-0.3, -0.25) is 4.57 Å². The number of benzene rings is 1. The van der Waals surface area contributed by atoms with E-state index in [0.29, 0.717) is 6.54 Å². The normalized spacial score (nSPS) is 11.5. The molecule has 0 aliphatic heterocycles. The smallest absolute Gasteiger partial charge is 0.326 e. The number of aromatic amines is 2. The molecule has 0 unspecified atom stereocenters. The van der Waals surface area contributed by atoms with Gasteiger partial charge in [0, 0.05) is 12.1 Å². The molecule has 7 heteroatoms. The number of aromatic nitrogens is 6. The van der Waals surface area contributed by atoms with E-state index in [1.165, 1.54) is 0 Å². The Bertz CT molecular complexity index is 995. The highest BCUT2D eigenvalue weighted by molar-refractivity contribution is 5.92. The van der Waals surface area contributed by atoms with E-state index >= 15 is 0 Å². The lowest BCUT2D eigenvalue weighted by molar-refractivity contribution is 0.753. The Morgan fingerprint density at radius 1 is 1.19 bits per heavy atom. The van der Waals surface area contributed by atoms with Crippen molar-refractivity contribution in [2.75, 3.05) is 0 Å². The molecular weight excluding hydrogens is 268 g/mol. The summed E-state index contributed by atoms with van der Waals surface area (Å²) >= 11 is 0. The van der Waals surface area contributed by atoms with Crippen LogP contribution >= 0.6 is 0 Å². The monoisotopic (exact) mass is 280 g/mol. The fourth-order valence-corrected chi connectivity index (χ4v) is 2.54. The Morgan fingerprint density at radius 3 is 2.86 bits per heavy atom. The van der Waals surface area contributed by atoms with Gasteiger partial charge in [-0.15, -0.1) is 0 Å². The summed E-state index contributed by atoms with van der Waals surface area (Å²) in [7, 11) is 0. The molecule has 0 amide bonds. The Balaban J connectivity index is 1.98. The zero-order valence-corrected chi connectivity index (χ0v) is 11.3. The lowest BCUT2D eigenvalue weighted by Crippen LogP contribution is -2.14. The zero-order valence-electron chi connectivity index (χ0n) is 11.3. The largest absolute Gasteiger partial charge is 0.338 e. The predicted molar refractivity (Wildman–Crippen MR) is 78.9 cm³/mol. The maximum atomic E-state index is 11.8. The van der Waals surface area contributed by atoms with Crippen molar-refractivity contribution in [3.8, 4) is 11.4 Å². The molecule has 1 aromatic carbocycles. The Hall–Kier alpha value is -2.96. The van der Waals surface area contributed by atoms with E-state index in [1.54, 1.807) is 17.0 Å². The minimum absolute atomic E-state index is 0.0984. The van der Waals surface area contributed by atoms with Crippen molar-refractivity contribution in [3.63, 3.8) is 0 Å². The van der Waals surface area contributed by atoms with Gasteiger partial charge in [0.1, 0.15) is 5.82 Å². The van der Waals surface area contributed by atoms with Crippen molar-refractivity contribution in [1.82, 2.24) is 29.7 Å². The number of nitrogens with zero attached hydrogens (tertiary/aromatic N) is 4. The number of hydrogen-bond donors (Lipinski definition) is 2. The fraction of sp³-hybridized carbons (Fsp3) is 0.143. The summed E-state index contributed by atoms with van der Waals surface area (Å²) in [5, 5.41) is 7.61. The van der Waals surface area contributed by atoms with Gasteiger partial charge in [-0.1, -0.05) is 0 Å². The fourth-order valence-electron chi connectivity index (χ4n) is 2.54. The molecule has 0 saturated carbocycles. The molecule has 0 atom stereocenters. The van der Waals surface area contributed by atoms with Crippen molar-refractivity contribution in [2.24, 2.45) is 0 Å². The van der Waals surface area contributed by atoms with Gasteiger partial charge in [0.05, 0.1) is 34.5 Å². The Labute approximate surface area is 118 Å². The minimum atomic E-state index is -0.0984. The van der Waals surface area contributed by atoms with Crippen LogP contribution in [0.3, 0.4) is 0 Å². The molecule has 0 radical (unpaired) electrons. The number of hydrogen-bond acceptors (Lipinski definition) is 4. The molecule has 3 heterocycles. The van der Waals surface area contributed by atoms with Gasteiger partial charge < -0.3 is 9.97 Å². The lowest BCUT2D eigenvalue weighted by Gasteiger charge is -1.96. The van der Waals surface area contributed by atoms with E-state index in [9.17, 15) is 4.79 Å². The summed E-state index contributed by atoms with van der Waals surface area (Å²) in [6.45, 7) is 2.56. The van der Waals surface area contributed by atoms with Crippen LogP contribution in [0.15, 0.2) is 35.4 Å². The van der Waals surface area contributed by atoms with Crippen LogP contribution in [0, 0.1) is 0 Å². The van der Waals surface area contributed by atoms with E-state index in [2.05, 4.69) is 25.1 Å². The summed E-state index contributed by atoms with van der Waals surface area (Å²) in [6, 6.07) is 5.67. The van der Waals surface area contributed by atoms with E-state index in [0.717, 1.165) is 33.5 Å². The first kappa shape index (κ1) is 11.8. The standard InChI is InChI=1S/C14H12N6O/c1-2-20-12-6-10-9(5-11(12)19-14(20)21)17-13(18-10)8-3-4-15-16-7-8/h3-7H,2H2,1H3,(H,17,18)(H,19,21). The number of rotatable bonds is 2. The molecule has 21 heavy (non-hydrogen) atoms. The molecule has 3 aromatic heterocycles. The first-order valence-electron chi connectivity index (χ1n) is 6.65. The quantitative estimate of drug-likeness (QED) is 0.584. The van der Waals surface area contributed by atoms with Crippen LogP contribution in [0.1, 0.15) is 6.92 Å². The average molecular weight is 280 g/mol. The highest BCUT2D eigenvalue weighted by Crippen LogP contribution is 2.23. The second kappa shape index (κ2) is 4.27. The minimum Gasteiger partial charge on any atom is -0.338 e. The van der Waals surface area contributed by atoms with Gasteiger partial charge in [-0.2, -0.15) is 10.2 Å². The van der Waals surface area contributed by atoms with Crippen LogP contribution in [0.25, 0.3) is 33.5 Å². The maximum Gasteiger partial charge on any atom is 0.326 e. The first-order chi connectivity index (χ1) is 10.3. The molecule has 104 valence electrons. The lowest BCUT2D eigenvalue weighted by atomic mass is 10.2. The second-order valence-corrected chi connectivity index (χ2v) is 4.78. The van der Waals surface area contributed by atoms with Gasteiger partial charge >= 0.3 is 5.69 Å². The zero-order chi connectivity index (χ0) is 14.4. The molecule has 4 rings (SSSR count). The highest BCUT2D eigenvalue weighted by atomic mass is 16.1. The maximum absolute atomic E-state index is 11.8. The second-order valence-electron chi connectivity index (χ2n) is 4.78. The summed E-state index contributed by atoms with van der Waals surface area (Å²) in [6.07, 6.45) is 3.28. The van der Waals surface area contributed by atoms with Gasteiger partial charge in [0.25, 0.3) is 0 Å². The van der Waals surface area contributed by atoms with Crippen molar-refractivity contribution in [1.29, 1.82) is 0 Å². The molecule has 4 aromatic rings. The van der Waals surface area contributed by atoms with Gasteiger partial charge in [-0.25, -0.2) is 9.78 Å². The van der Waals surface area contributed by atoms with Crippen LogP contribution in [0.5, 0.6) is 0 Å². The molecule has 0 aliphatic rings. The molecule has 0 fully saturated rings. The number of nitrogens with one attached hydrogen (secondary N) is 2. The number of H-pyrrole nitrogens is 2. The summed E-state index contributed by atoms with van der Waals surface area (Å²) < 4.78 is 1.69. The van der Waals surface area contributed by atoms with E-state index < -0.39 is 0 Å². The third kappa shape index (κ3) is 1.74. The summed E-state index contributed by atoms with van der Waals surface area (Å²) in [4.78, 5) is 22.5. The SMILES string of the molecule is CCn1c(=O)[nH]c2cc3[nH]c(-c4ccnnc4)nc3cc21. The molecule has 0 bridgehead atoms. The van der Waals surface area contributed by atoms with Crippen LogP contribution < -0.4 is 5.69 Å². The molecule has 0 aliphatic carbocycles. The molecule has 0 saturated heterocycles. The third-order valence-electron chi connectivity index (χ3n) is 3.55. The number of imidazole rings is 2. The highest BCUT2D eigenvalue weighted by Gasteiger charge is 2.10. The van der Waals surface area contributed by atoms with Crippen LogP contribution in [-0.2, 0) is 6.54 Å². The summed E-state index contributed by atoms with van der Waals surface area (Å²) in [5.74, 6) is 0.734. The summed E-state index contributed by atoms with van der Waals surface area (Å²) in [5.41, 5.74) is 4.13. The molecular formula is C14H12N6O. The van der Waals surface area contributed by atoms with Crippen LogP contribution in [0.4, 0.5) is 0 Å². The van der Waals surface area contributed by atoms with Crippen LogP contribution in [-0.4, -0.2) is 29.7 Å². The third-order valence-corrected chi connectivity index (χ3v) is 3.55. The Kier molecular flexibility index (Phi) is 2.41. The molecule has 2 N–H and O–H groups in total. The molecule has 7 nitrogen and oxygen atoms in total. The number of aryl methyl sites for hydroxylation is 1. The van der Waals surface area contributed by atoms with Gasteiger partial charge in [0.2, 0.25) is 0 Å². The topological polar surface area (TPSA) is 92.2 Å². The number of fused-ring (bicyclic) bond motifs is 2. The van der Waals surface area contributed by atoms with E-state index in [1.807, 2.05) is 25.1 Å². The van der Waals surface area contributed by atoms with Crippen molar-refractivity contribution < 1.29 is 0 Å². The Morgan fingerprint density at radius 2 is 2.10 bits per heavy atom. The van der Waals surface area contributed by atoms with Crippen molar-refractivity contribution in [3.05, 3.63) is 41.1 Å². The van der Waals surface area contributed by atoms with Gasteiger partial charge in [-0.05, 0) is 25.1 Å². The average Bonchev–Trinajstić information content (AvgIpc) is 3.04. The van der Waals surface area contributed by atoms with Crippen molar-refractivity contribution >= 4 is 22.1 Å². The van der Waals surface area contributed by atoms with E-state index in [4.69, 9.17) is 0 Å². The predicted octanol–water partition coefficient (Wildman–Crippen LogP) is 1.68. The van der Waals surface area contributed by atoms with Gasteiger partial charge in [0.15, 0.2) is 0 Å². The van der Waals surface area contributed by atoms with E-state index in [-0.39, 0.29) is 5.69 Å². The van der Waals surface area contributed by atoms with Crippen molar-refractivity contribution in [2.45, 2.75) is 13.5 Å². The first-order valence-corrected chi connectivity index (χ1v) is 6.65. The van der Waals surface area contributed by atoms with Crippen LogP contribution in [0.2, 0.25) is 0 Å².